The molecule has 1 N–H and O–H groups in total. The average molecular weight is 457 g/mol. The van der Waals surface area contributed by atoms with Gasteiger partial charge < -0.3 is 10.2 Å². The van der Waals surface area contributed by atoms with E-state index in [0.29, 0.717) is 17.6 Å². The quantitative estimate of drug-likeness (QED) is 0.168. The van der Waals surface area contributed by atoms with Crippen molar-refractivity contribution in [2.24, 2.45) is 10.2 Å². The number of azo groups is 1. The topological polar surface area (TPSA) is 148 Å². The second-order valence-electron chi connectivity index (χ2n) is 6.26. The van der Waals surface area contributed by atoms with Crippen LogP contribution in [0, 0.1) is 26.8 Å². The van der Waals surface area contributed by atoms with Crippen molar-refractivity contribution in [3.8, 4) is 0 Å². The molecule has 0 saturated carbocycles. The number of nitro groups is 2. The molecule has 0 bridgehead atoms. The summed E-state index contributed by atoms with van der Waals surface area (Å²) in [6, 6.07) is 6.92. The standard InChI is InChI=1S/C19H19N7O5S/c1-5-24(6-2)13-7-8-14(15(9-13)21-12(3)27)22-23-16-10-19(32-20-4)18(26(30)31)11-17(16)25(28)29/h7-11H,5-6H2,1-3H3,(H,21,27). The fraction of sp³-hybridized carbons (Fsp3) is 0.263. The van der Waals surface area contributed by atoms with Crippen LogP contribution in [0.4, 0.5) is 34.1 Å². The lowest BCUT2D eigenvalue weighted by Crippen LogP contribution is -2.21. The van der Waals surface area contributed by atoms with Gasteiger partial charge in [-0.15, -0.1) is 10.2 Å². The van der Waals surface area contributed by atoms with Gasteiger partial charge in [0.25, 0.3) is 5.69 Å². The summed E-state index contributed by atoms with van der Waals surface area (Å²) < 4.78 is 3.04. The molecule has 0 aliphatic carbocycles. The minimum absolute atomic E-state index is 0.0940. The Kier molecular flexibility index (Phi) is 8.19. The van der Waals surface area contributed by atoms with Gasteiger partial charge in [-0.3, -0.25) is 25.0 Å². The lowest BCUT2D eigenvalue weighted by Gasteiger charge is -2.22. The fourth-order valence-corrected chi connectivity index (χ4v) is 3.32. The van der Waals surface area contributed by atoms with E-state index in [2.05, 4.69) is 24.7 Å². The highest BCUT2D eigenvalue weighted by molar-refractivity contribution is 8.01. The molecule has 0 saturated heterocycles. The average Bonchev–Trinajstić information content (AvgIpc) is 2.73. The molecule has 0 aromatic heterocycles. The van der Waals surface area contributed by atoms with Crippen LogP contribution in [0.25, 0.3) is 4.25 Å². The molecule has 0 atom stereocenters. The molecular weight excluding hydrogens is 438 g/mol. The maximum Gasteiger partial charge on any atom is 0.303 e. The number of hydrogen-bond acceptors (Lipinski definition) is 9. The molecule has 0 unspecified atom stereocenters. The second kappa shape index (κ2) is 10.8. The Morgan fingerprint density at radius 1 is 1.09 bits per heavy atom. The highest BCUT2D eigenvalue weighted by atomic mass is 32.2. The number of nitrogens with zero attached hydrogens (tertiary/aromatic N) is 6. The maximum absolute atomic E-state index is 11.6. The Labute approximate surface area is 187 Å². The molecule has 0 heterocycles. The third kappa shape index (κ3) is 5.76. The van der Waals surface area contributed by atoms with Gasteiger partial charge in [0.15, 0.2) is 10.6 Å². The van der Waals surface area contributed by atoms with Gasteiger partial charge in [0.05, 0.1) is 21.6 Å². The van der Waals surface area contributed by atoms with Gasteiger partial charge >= 0.3 is 17.6 Å². The van der Waals surface area contributed by atoms with Crippen LogP contribution in [0.1, 0.15) is 20.8 Å². The van der Waals surface area contributed by atoms with E-state index in [1.165, 1.54) is 6.92 Å². The number of carbonyl (C=O) groups excluding carboxylic acids is 1. The summed E-state index contributed by atoms with van der Waals surface area (Å²) in [7, 11) is 0. The van der Waals surface area contributed by atoms with Gasteiger partial charge in [0.1, 0.15) is 5.69 Å². The number of rotatable bonds is 9. The van der Waals surface area contributed by atoms with E-state index in [0.717, 1.165) is 30.9 Å². The predicted octanol–water partition coefficient (Wildman–Crippen LogP) is 5.65. The molecule has 12 nitrogen and oxygen atoms in total. The number of nitrogens with one attached hydrogen (secondary N) is 1. The van der Waals surface area contributed by atoms with Gasteiger partial charge in [0, 0.05) is 31.8 Å². The van der Waals surface area contributed by atoms with E-state index in [1.807, 2.05) is 13.8 Å². The Balaban J connectivity index is 2.59. The molecule has 2 aromatic rings. The molecule has 0 radical (unpaired) electrons. The van der Waals surface area contributed by atoms with Crippen molar-refractivity contribution >= 4 is 52.0 Å². The van der Waals surface area contributed by atoms with Crippen LogP contribution < -0.4 is 10.2 Å². The van der Waals surface area contributed by atoms with Gasteiger partial charge in [-0.1, -0.05) is 0 Å². The summed E-state index contributed by atoms with van der Waals surface area (Å²) in [5, 5.41) is 33.2. The third-order valence-corrected chi connectivity index (χ3v) is 4.89. The number of benzene rings is 2. The van der Waals surface area contributed by atoms with Gasteiger partial charge in [-0.25, -0.2) is 10.8 Å². The van der Waals surface area contributed by atoms with Crippen LogP contribution >= 0.6 is 11.9 Å². The van der Waals surface area contributed by atoms with E-state index in [9.17, 15) is 25.0 Å². The third-order valence-electron chi connectivity index (χ3n) is 4.28. The van der Waals surface area contributed by atoms with E-state index in [-0.39, 0.29) is 22.2 Å². The molecule has 0 fully saturated rings. The van der Waals surface area contributed by atoms with E-state index in [1.54, 1.807) is 18.2 Å². The van der Waals surface area contributed by atoms with E-state index in [4.69, 9.17) is 6.57 Å². The van der Waals surface area contributed by atoms with Crippen molar-refractivity contribution in [3.63, 3.8) is 0 Å². The molecule has 0 aliphatic rings. The molecule has 32 heavy (non-hydrogen) atoms. The number of anilines is 2. The summed E-state index contributed by atoms with van der Waals surface area (Å²) in [6.45, 7) is 13.7. The molecule has 1 amide bonds. The maximum atomic E-state index is 11.6. The van der Waals surface area contributed by atoms with Crippen LogP contribution in [0.15, 0.2) is 45.5 Å². The Morgan fingerprint density at radius 3 is 2.25 bits per heavy atom. The monoisotopic (exact) mass is 457 g/mol. The van der Waals surface area contributed by atoms with Crippen molar-refractivity contribution in [1.82, 2.24) is 0 Å². The first-order valence-corrected chi connectivity index (χ1v) is 10.1. The Morgan fingerprint density at radius 2 is 1.72 bits per heavy atom. The van der Waals surface area contributed by atoms with Crippen LogP contribution in [0.3, 0.4) is 0 Å². The van der Waals surface area contributed by atoms with E-state index >= 15 is 0 Å². The predicted molar refractivity (Wildman–Crippen MR) is 121 cm³/mol. The zero-order valence-electron chi connectivity index (χ0n) is 17.4. The number of hydrogen-bond donors (Lipinski definition) is 1. The van der Waals surface area contributed by atoms with Gasteiger partial charge in [-0.05, 0) is 32.0 Å². The first-order chi connectivity index (χ1) is 15.2. The Hall–Kier alpha value is -4.05. The minimum atomic E-state index is -0.814. The van der Waals surface area contributed by atoms with Crippen LogP contribution in [-0.2, 0) is 4.79 Å². The summed E-state index contributed by atoms with van der Waals surface area (Å²) in [5.74, 6) is -0.338. The van der Waals surface area contributed by atoms with Crippen molar-refractivity contribution < 1.29 is 14.6 Å². The minimum Gasteiger partial charge on any atom is -0.372 e. The number of amides is 1. The lowest BCUT2D eigenvalue weighted by atomic mass is 10.2. The molecule has 13 heteroatoms. The molecule has 2 rings (SSSR count). The van der Waals surface area contributed by atoms with Gasteiger partial charge in [0.2, 0.25) is 5.91 Å². The normalized spacial score (nSPS) is 10.6. The summed E-state index contributed by atoms with van der Waals surface area (Å²) >= 11 is 0.471. The summed E-state index contributed by atoms with van der Waals surface area (Å²) in [6.07, 6.45) is 0. The molecule has 0 aliphatic heterocycles. The van der Waals surface area contributed by atoms with Crippen molar-refractivity contribution in [1.29, 1.82) is 0 Å². The molecule has 166 valence electrons. The fourth-order valence-electron chi connectivity index (χ4n) is 2.83. The Bertz CT molecular complexity index is 1130. The highest BCUT2D eigenvalue weighted by Crippen LogP contribution is 2.41. The van der Waals surface area contributed by atoms with Gasteiger partial charge in [-0.2, -0.15) is 0 Å². The first kappa shape index (κ1) is 24.2. The lowest BCUT2D eigenvalue weighted by molar-refractivity contribution is -0.395. The number of carbonyl (C=O) groups is 1. The van der Waals surface area contributed by atoms with Crippen LogP contribution in [-0.4, -0.2) is 28.8 Å². The van der Waals surface area contributed by atoms with Crippen molar-refractivity contribution in [2.45, 2.75) is 25.7 Å². The smallest absolute Gasteiger partial charge is 0.303 e. The largest absolute Gasteiger partial charge is 0.372 e. The summed E-state index contributed by atoms with van der Waals surface area (Å²) in [5.41, 5.74) is -0.0213. The SMILES string of the molecule is [C-]#[N+]Sc1cc(N=Nc2ccc(N(CC)CC)cc2NC(C)=O)c([N+](=O)[O-])cc1[N+](=O)[O-]. The molecule has 2 aromatic carbocycles. The zero-order valence-corrected chi connectivity index (χ0v) is 18.3. The molecular formula is C19H19N7O5S. The first-order valence-electron chi connectivity index (χ1n) is 9.30. The highest BCUT2D eigenvalue weighted by Gasteiger charge is 2.27. The molecule has 0 spiro atoms. The van der Waals surface area contributed by atoms with Crippen molar-refractivity contribution in [2.75, 3.05) is 23.3 Å². The number of nitro benzene ring substituents is 2. The van der Waals surface area contributed by atoms with Crippen LogP contribution in [0.5, 0.6) is 0 Å². The second-order valence-corrected chi connectivity index (χ2v) is 7.07. The van der Waals surface area contributed by atoms with Crippen molar-refractivity contribution in [3.05, 3.63) is 61.4 Å². The van der Waals surface area contributed by atoms with E-state index < -0.39 is 21.2 Å². The van der Waals surface area contributed by atoms with Crippen LogP contribution in [0.2, 0.25) is 0 Å². The summed E-state index contributed by atoms with van der Waals surface area (Å²) in [4.78, 5) is 34.6. The zero-order chi connectivity index (χ0) is 23.8.